The van der Waals surface area contributed by atoms with Gasteiger partial charge in [-0.3, -0.25) is 0 Å². The molecule has 114 valence electrons. The number of carbonyl (C=O) groups excluding carboxylic acids is 1. The van der Waals surface area contributed by atoms with E-state index in [4.69, 9.17) is 5.11 Å². The molecule has 0 atom stereocenters. The second kappa shape index (κ2) is 7.13. The van der Waals surface area contributed by atoms with Gasteiger partial charge in [0.15, 0.2) is 0 Å². The van der Waals surface area contributed by atoms with Crippen molar-refractivity contribution in [3.8, 4) is 0 Å². The number of fused-ring (bicyclic) bond motifs is 1. The number of para-hydroxylation sites is 1. The highest BCUT2D eigenvalue weighted by molar-refractivity contribution is 5.86. The predicted octanol–water partition coefficient (Wildman–Crippen LogP) is 1.91. The van der Waals surface area contributed by atoms with Gasteiger partial charge in [-0.25, -0.2) is 4.79 Å². The second-order valence-electron chi connectivity index (χ2n) is 5.13. The first-order chi connectivity index (χ1) is 10.2. The van der Waals surface area contributed by atoms with Crippen molar-refractivity contribution in [3.05, 3.63) is 35.5 Å². The molecule has 0 aliphatic carbocycles. The van der Waals surface area contributed by atoms with Crippen LogP contribution in [0, 0.1) is 0 Å². The molecule has 1 aromatic heterocycles. The van der Waals surface area contributed by atoms with Crippen LogP contribution >= 0.6 is 0 Å². The number of nitrogens with one attached hydrogen (secondary N) is 2. The summed E-state index contributed by atoms with van der Waals surface area (Å²) in [6.07, 6.45) is 3.80. The van der Waals surface area contributed by atoms with E-state index in [2.05, 4.69) is 35.4 Å². The molecule has 3 N–H and O–H groups in total. The summed E-state index contributed by atoms with van der Waals surface area (Å²) < 4.78 is 0. The summed E-state index contributed by atoms with van der Waals surface area (Å²) >= 11 is 0. The number of benzene rings is 1. The maximum absolute atomic E-state index is 11.7. The summed E-state index contributed by atoms with van der Waals surface area (Å²) in [5, 5.41) is 12.9. The van der Waals surface area contributed by atoms with Crippen LogP contribution in [-0.4, -0.2) is 47.8 Å². The molecule has 2 rings (SSSR count). The molecule has 0 saturated heterocycles. The van der Waals surface area contributed by atoms with Gasteiger partial charge in [0.2, 0.25) is 0 Å². The van der Waals surface area contributed by atoms with Crippen LogP contribution < -0.4 is 5.32 Å². The summed E-state index contributed by atoms with van der Waals surface area (Å²) in [7, 11) is 1.67. The summed E-state index contributed by atoms with van der Waals surface area (Å²) in [6, 6.07) is 6.17. The molecule has 5 nitrogen and oxygen atoms in total. The number of H-pyrrole nitrogens is 1. The second-order valence-corrected chi connectivity index (χ2v) is 5.13. The summed E-state index contributed by atoms with van der Waals surface area (Å²) in [6.45, 7) is 3.05. The Bertz CT molecular complexity index is 607. The van der Waals surface area contributed by atoms with E-state index in [1.54, 1.807) is 7.05 Å². The van der Waals surface area contributed by atoms with Gasteiger partial charge < -0.3 is 20.3 Å². The first-order valence-corrected chi connectivity index (χ1v) is 7.35. The standard InChI is InChI=1S/C16H23N3O2/c1-3-12-5-4-6-14-13(11-18-15(12)14)7-8-17-16(21)19(2)9-10-20/h4-6,11,18,20H,3,7-10H2,1-2H3,(H,17,21). The Morgan fingerprint density at radius 2 is 2.19 bits per heavy atom. The number of aryl methyl sites for hydroxylation is 1. The number of likely N-dealkylation sites (N-methyl/N-ethyl adjacent to an activating group) is 1. The minimum Gasteiger partial charge on any atom is -0.395 e. The van der Waals surface area contributed by atoms with Crippen molar-refractivity contribution < 1.29 is 9.90 Å². The van der Waals surface area contributed by atoms with Crippen LogP contribution in [0.15, 0.2) is 24.4 Å². The maximum atomic E-state index is 11.7. The van der Waals surface area contributed by atoms with Gasteiger partial charge >= 0.3 is 6.03 Å². The van der Waals surface area contributed by atoms with Crippen LogP contribution in [0.25, 0.3) is 10.9 Å². The lowest BCUT2D eigenvalue weighted by Crippen LogP contribution is -2.39. The van der Waals surface area contributed by atoms with Crippen molar-refractivity contribution in [3.63, 3.8) is 0 Å². The molecule has 5 heteroatoms. The third-order valence-electron chi connectivity index (χ3n) is 3.72. The van der Waals surface area contributed by atoms with E-state index in [9.17, 15) is 4.79 Å². The van der Waals surface area contributed by atoms with Gasteiger partial charge in [-0.15, -0.1) is 0 Å². The van der Waals surface area contributed by atoms with E-state index < -0.39 is 0 Å². The molecule has 1 aromatic carbocycles. The number of nitrogens with zero attached hydrogens (tertiary/aromatic N) is 1. The van der Waals surface area contributed by atoms with Crippen molar-refractivity contribution in [1.29, 1.82) is 0 Å². The number of urea groups is 1. The number of aromatic amines is 1. The average molecular weight is 289 g/mol. The molecule has 0 aliphatic rings. The Hall–Kier alpha value is -2.01. The molecule has 2 aromatic rings. The average Bonchev–Trinajstić information content (AvgIpc) is 2.90. The van der Waals surface area contributed by atoms with Gasteiger partial charge in [-0.1, -0.05) is 25.1 Å². The molecule has 0 spiro atoms. The fourth-order valence-corrected chi connectivity index (χ4v) is 2.47. The molecular weight excluding hydrogens is 266 g/mol. The largest absolute Gasteiger partial charge is 0.395 e. The molecular formula is C16H23N3O2. The summed E-state index contributed by atoms with van der Waals surface area (Å²) in [4.78, 5) is 16.5. The lowest BCUT2D eigenvalue weighted by atomic mass is 10.1. The van der Waals surface area contributed by atoms with Crippen molar-refractivity contribution >= 4 is 16.9 Å². The molecule has 2 amide bonds. The zero-order valence-corrected chi connectivity index (χ0v) is 12.6. The van der Waals surface area contributed by atoms with E-state index >= 15 is 0 Å². The van der Waals surface area contributed by atoms with E-state index in [0.29, 0.717) is 13.1 Å². The Kier molecular flexibility index (Phi) is 5.22. The van der Waals surface area contributed by atoms with Gasteiger partial charge in [0.05, 0.1) is 6.61 Å². The minimum absolute atomic E-state index is 0.0217. The number of carbonyl (C=O) groups is 1. The normalized spacial score (nSPS) is 10.8. The quantitative estimate of drug-likeness (QED) is 0.760. The van der Waals surface area contributed by atoms with Crippen LogP contribution in [0.5, 0.6) is 0 Å². The predicted molar refractivity (Wildman–Crippen MR) is 84.5 cm³/mol. The monoisotopic (exact) mass is 289 g/mol. The third-order valence-corrected chi connectivity index (χ3v) is 3.72. The fraction of sp³-hybridized carbons (Fsp3) is 0.438. The van der Waals surface area contributed by atoms with Crippen molar-refractivity contribution in [1.82, 2.24) is 15.2 Å². The number of hydrogen-bond acceptors (Lipinski definition) is 2. The van der Waals surface area contributed by atoms with E-state index in [-0.39, 0.29) is 12.6 Å². The van der Waals surface area contributed by atoms with Crippen molar-refractivity contribution in [2.24, 2.45) is 0 Å². The van der Waals surface area contributed by atoms with E-state index in [0.717, 1.165) is 12.8 Å². The number of amides is 2. The first kappa shape index (κ1) is 15.4. The maximum Gasteiger partial charge on any atom is 0.317 e. The molecule has 1 heterocycles. The third kappa shape index (κ3) is 3.55. The smallest absolute Gasteiger partial charge is 0.317 e. The zero-order valence-electron chi connectivity index (χ0n) is 12.6. The highest BCUT2D eigenvalue weighted by atomic mass is 16.3. The Morgan fingerprint density at radius 3 is 2.90 bits per heavy atom. The minimum atomic E-state index is -0.155. The number of aliphatic hydroxyl groups is 1. The fourth-order valence-electron chi connectivity index (χ4n) is 2.47. The van der Waals surface area contributed by atoms with Crippen LogP contribution in [-0.2, 0) is 12.8 Å². The van der Waals surface area contributed by atoms with Gasteiger partial charge in [0.1, 0.15) is 0 Å². The van der Waals surface area contributed by atoms with Crippen molar-refractivity contribution in [2.75, 3.05) is 26.7 Å². The van der Waals surface area contributed by atoms with Gasteiger partial charge in [0, 0.05) is 37.2 Å². The van der Waals surface area contributed by atoms with Crippen molar-refractivity contribution in [2.45, 2.75) is 19.8 Å². The van der Waals surface area contributed by atoms with Crippen LogP contribution in [0.3, 0.4) is 0 Å². The Morgan fingerprint density at radius 1 is 1.38 bits per heavy atom. The number of aromatic nitrogens is 1. The topological polar surface area (TPSA) is 68.4 Å². The summed E-state index contributed by atoms with van der Waals surface area (Å²) in [5.74, 6) is 0. The number of rotatable bonds is 6. The molecule has 0 unspecified atom stereocenters. The molecule has 0 aliphatic heterocycles. The van der Waals surface area contributed by atoms with E-state index in [1.165, 1.54) is 26.9 Å². The number of aliphatic hydroxyl groups excluding tert-OH is 1. The van der Waals surface area contributed by atoms with Crippen LogP contribution in [0.1, 0.15) is 18.1 Å². The lowest BCUT2D eigenvalue weighted by molar-refractivity contribution is 0.190. The van der Waals surface area contributed by atoms with Gasteiger partial charge in [0.25, 0.3) is 0 Å². The highest BCUT2D eigenvalue weighted by Gasteiger charge is 2.09. The van der Waals surface area contributed by atoms with Gasteiger partial charge in [-0.05, 0) is 24.0 Å². The van der Waals surface area contributed by atoms with E-state index in [1.807, 2.05) is 6.20 Å². The Labute approximate surface area is 125 Å². The molecule has 0 saturated carbocycles. The molecule has 0 bridgehead atoms. The highest BCUT2D eigenvalue weighted by Crippen LogP contribution is 2.22. The molecule has 0 fully saturated rings. The SMILES string of the molecule is CCc1cccc2c(CCNC(=O)N(C)CCO)c[nH]c12. The lowest BCUT2D eigenvalue weighted by Gasteiger charge is -2.16. The Balaban J connectivity index is 1.97. The van der Waals surface area contributed by atoms with Crippen LogP contribution in [0.4, 0.5) is 4.79 Å². The van der Waals surface area contributed by atoms with Crippen LogP contribution in [0.2, 0.25) is 0 Å². The molecule has 0 radical (unpaired) electrons. The summed E-state index contributed by atoms with van der Waals surface area (Å²) in [5.41, 5.74) is 3.72. The van der Waals surface area contributed by atoms with Gasteiger partial charge in [-0.2, -0.15) is 0 Å². The zero-order chi connectivity index (χ0) is 15.2. The molecule has 21 heavy (non-hydrogen) atoms. The number of hydrogen-bond donors (Lipinski definition) is 3. The first-order valence-electron chi connectivity index (χ1n) is 7.35.